The molecule has 9 heavy (non-hydrogen) atoms. The normalized spacial score (nSPS) is 6.44. The highest BCUT2D eigenvalue weighted by Crippen LogP contribution is 1.52. The third-order valence-electron chi connectivity index (χ3n) is 0.346. The summed E-state index contributed by atoms with van der Waals surface area (Å²) >= 11 is 4.43. The van der Waals surface area contributed by atoms with Gasteiger partial charge in [0.1, 0.15) is 0 Å². The smallest absolute Gasteiger partial charge is 0.0617 e. The molecule has 0 heterocycles. The molecule has 0 saturated carbocycles. The second kappa shape index (κ2) is 15.6. The number of thiocarbonyl (C=S) groups is 1. The van der Waals surface area contributed by atoms with Gasteiger partial charge in [0.25, 0.3) is 0 Å². The van der Waals surface area contributed by atoms with Crippen molar-refractivity contribution in [3.63, 3.8) is 0 Å². The Morgan fingerprint density at radius 1 is 1.78 bits per heavy atom. The Bertz CT molecular complexity index is 57.2. The lowest BCUT2D eigenvalue weighted by atomic mass is 10.6. The van der Waals surface area contributed by atoms with E-state index in [1.54, 1.807) is 13.1 Å². The van der Waals surface area contributed by atoms with Gasteiger partial charge < -0.3 is 5.32 Å². The van der Waals surface area contributed by atoms with Gasteiger partial charge in [-0.05, 0) is 7.05 Å². The van der Waals surface area contributed by atoms with E-state index in [0.717, 1.165) is 6.54 Å². The third kappa shape index (κ3) is 35.8. The number of hydrazine groups is 1. The maximum absolute atomic E-state index is 4.60. The molecule has 54 valence electrons. The molecular formula is C5H13N3S. The lowest BCUT2D eigenvalue weighted by Crippen LogP contribution is -2.13. The molecule has 0 aliphatic rings. The first-order valence-corrected chi connectivity index (χ1v) is 2.95. The molecule has 0 rings (SSSR count). The van der Waals surface area contributed by atoms with Gasteiger partial charge >= 0.3 is 0 Å². The van der Waals surface area contributed by atoms with Gasteiger partial charge in [-0.1, -0.05) is 18.3 Å². The quantitative estimate of drug-likeness (QED) is 0.170. The minimum Gasteiger partial charge on any atom is -0.379 e. The van der Waals surface area contributed by atoms with Crippen molar-refractivity contribution in [2.24, 2.45) is 5.84 Å². The summed E-state index contributed by atoms with van der Waals surface area (Å²) in [5.74, 6) is 4.60. The molecule has 0 aromatic heterocycles. The van der Waals surface area contributed by atoms with Crippen LogP contribution in [0.25, 0.3) is 0 Å². The Morgan fingerprint density at radius 2 is 2.22 bits per heavy atom. The number of rotatable bonds is 3. The average Bonchev–Trinajstić information content (AvgIpc) is 1.86. The summed E-state index contributed by atoms with van der Waals surface area (Å²) in [5, 5.41) is 2.77. The van der Waals surface area contributed by atoms with Crippen LogP contribution in [-0.4, -0.2) is 19.1 Å². The summed E-state index contributed by atoms with van der Waals surface area (Å²) in [7, 11) is 1.65. The van der Waals surface area contributed by atoms with E-state index in [9.17, 15) is 0 Å². The Balaban J connectivity index is 0. The first-order chi connectivity index (χ1) is 4.33. The fourth-order valence-corrected chi connectivity index (χ4v) is 0.228. The van der Waals surface area contributed by atoms with Crippen molar-refractivity contribution in [3.8, 4) is 0 Å². The van der Waals surface area contributed by atoms with Gasteiger partial charge in [-0.25, -0.2) is 0 Å². The fourth-order valence-electron chi connectivity index (χ4n) is 0.131. The highest BCUT2D eigenvalue weighted by atomic mass is 32.1. The molecule has 0 radical (unpaired) electrons. The monoisotopic (exact) mass is 147 g/mol. The summed E-state index contributed by atoms with van der Waals surface area (Å²) < 4.78 is 0. The topological polar surface area (TPSA) is 50.1 Å². The fraction of sp³-hybridized carbons (Fsp3) is 0.400. The predicted molar refractivity (Wildman–Crippen MR) is 45.1 cm³/mol. The molecule has 3 nitrogen and oxygen atoms in total. The molecule has 0 saturated heterocycles. The molecule has 0 amide bonds. The maximum Gasteiger partial charge on any atom is 0.0617 e. The van der Waals surface area contributed by atoms with E-state index in [4.69, 9.17) is 0 Å². The van der Waals surface area contributed by atoms with Crippen molar-refractivity contribution in [1.29, 1.82) is 0 Å². The van der Waals surface area contributed by atoms with Crippen LogP contribution in [0.4, 0.5) is 0 Å². The van der Waals surface area contributed by atoms with Crippen LogP contribution in [0, 0.1) is 0 Å². The molecule has 0 atom stereocenters. The van der Waals surface area contributed by atoms with Crippen LogP contribution in [0.2, 0.25) is 0 Å². The molecule has 0 spiro atoms. The van der Waals surface area contributed by atoms with Crippen molar-refractivity contribution in [2.75, 3.05) is 13.6 Å². The van der Waals surface area contributed by atoms with Gasteiger partial charge in [0.2, 0.25) is 0 Å². The Kier molecular flexibility index (Phi) is 19.7. The number of hydrogen-bond acceptors (Lipinski definition) is 3. The van der Waals surface area contributed by atoms with Crippen molar-refractivity contribution < 1.29 is 0 Å². The Labute approximate surface area is 61.3 Å². The van der Waals surface area contributed by atoms with Crippen LogP contribution < -0.4 is 16.6 Å². The number of nitrogens with one attached hydrogen (secondary N) is 2. The highest BCUT2D eigenvalue weighted by Gasteiger charge is 1.61. The molecule has 0 bridgehead atoms. The molecule has 0 aromatic carbocycles. The summed E-state index contributed by atoms with van der Waals surface area (Å²) in [4.78, 5) is 0. The van der Waals surface area contributed by atoms with Crippen molar-refractivity contribution in [2.45, 2.75) is 0 Å². The first kappa shape index (κ1) is 11.4. The second-order valence-electron chi connectivity index (χ2n) is 1.10. The van der Waals surface area contributed by atoms with E-state index >= 15 is 0 Å². The van der Waals surface area contributed by atoms with Gasteiger partial charge in [0, 0.05) is 6.54 Å². The molecule has 4 heteroatoms. The standard InChI is InChI=1S/C4H7NS.CH6N2/c1-2-3-5-4-6;1-3-2/h2,4H,1,3H2,(H,5,6);3H,2H2,1H3. The van der Waals surface area contributed by atoms with E-state index in [1.165, 1.54) is 5.49 Å². The minimum atomic E-state index is 0.767. The van der Waals surface area contributed by atoms with E-state index in [0.29, 0.717) is 0 Å². The average molecular weight is 147 g/mol. The van der Waals surface area contributed by atoms with Crippen molar-refractivity contribution in [1.82, 2.24) is 10.7 Å². The lowest BCUT2D eigenvalue weighted by Gasteiger charge is -1.84. The summed E-state index contributed by atoms with van der Waals surface area (Å²) in [6.07, 6.45) is 1.75. The van der Waals surface area contributed by atoms with Gasteiger partial charge in [0.05, 0.1) is 5.49 Å². The van der Waals surface area contributed by atoms with E-state index in [1.807, 2.05) is 0 Å². The predicted octanol–water partition coefficient (Wildman–Crippen LogP) is -0.201. The van der Waals surface area contributed by atoms with Gasteiger partial charge in [-0.2, -0.15) is 0 Å². The van der Waals surface area contributed by atoms with Crippen LogP contribution in [0.3, 0.4) is 0 Å². The van der Waals surface area contributed by atoms with E-state index in [2.05, 4.69) is 35.4 Å². The van der Waals surface area contributed by atoms with Crippen molar-refractivity contribution in [3.05, 3.63) is 12.7 Å². The van der Waals surface area contributed by atoms with Crippen LogP contribution in [0.5, 0.6) is 0 Å². The molecule has 0 aromatic rings. The summed E-state index contributed by atoms with van der Waals surface area (Å²) in [6, 6.07) is 0. The lowest BCUT2D eigenvalue weighted by molar-refractivity contribution is 0.900. The van der Waals surface area contributed by atoms with Crippen LogP contribution in [-0.2, 0) is 0 Å². The minimum absolute atomic E-state index is 0.767. The van der Waals surface area contributed by atoms with Crippen LogP contribution in [0.15, 0.2) is 12.7 Å². The SMILES string of the molecule is C=CCNC=S.CNN. The number of nitrogens with two attached hydrogens (primary N) is 1. The largest absolute Gasteiger partial charge is 0.379 e. The molecule has 0 fully saturated rings. The summed E-state index contributed by atoms with van der Waals surface area (Å²) in [6.45, 7) is 4.24. The van der Waals surface area contributed by atoms with Gasteiger partial charge in [-0.15, -0.1) is 6.58 Å². The number of hydrogen-bond donors (Lipinski definition) is 3. The van der Waals surface area contributed by atoms with Crippen LogP contribution in [0.1, 0.15) is 0 Å². The molecule has 4 N–H and O–H groups in total. The van der Waals surface area contributed by atoms with E-state index < -0.39 is 0 Å². The van der Waals surface area contributed by atoms with E-state index in [-0.39, 0.29) is 0 Å². The zero-order valence-corrected chi connectivity index (χ0v) is 6.37. The Hall–Kier alpha value is -0.450. The molecule has 0 aliphatic carbocycles. The first-order valence-electron chi connectivity index (χ1n) is 2.48. The zero-order valence-electron chi connectivity index (χ0n) is 5.55. The Morgan fingerprint density at radius 3 is 2.33 bits per heavy atom. The highest BCUT2D eigenvalue weighted by molar-refractivity contribution is 7.78. The zero-order chi connectivity index (χ0) is 7.54. The summed E-state index contributed by atoms with van der Waals surface area (Å²) in [5.41, 5.74) is 3.72. The molecular weight excluding hydrogens is 134 g/mol. The molecule has 0 aliphatic heterocycles. The van der Waals surface area contributed by atoms with Gasteiger partial charge in [-0.3, -0.25) is 11.3 Å². The van der Waals surface area contributed by atoms with Crippen molar-refractivity contribution >= 4 is 17.7 Å². The third-order valence-corrected chi connectivity index (χ3v) is 0.512. The van der Waals surface area contributed by atoms with Crippen LogP contribution >= 0.6 is 12.2 Å². The maximum atomic E-state index is 4.60. The second-order valence-corrected chi connectivity index (χ2v) is 1.34. The molecule has 0 unspecified atom stereocenters. The van der Waals surface area contributed by atoms with Gasteiger partial charge in [0.15, 0.2) is 0 Å².